The lowest BCUT2D eigenvalue weighted by molar-refractivity contribution is -0.137. The smallest absolute Gasteiger partial charge is 0.381 e. The zero-order chi connectivity index (χ0) is 23.7. The summed E-state index contributed by atoms with van der Waals surface area (Å²) >= 11 is 0. The molecule has 8 heteroatoms. The number of aromatic nitrogens is 1. The van der Waals surface area contributed by atoms with E-state index in [2.05, 4.69) is 31.1 Å². The molecule has 0 bridgehead atoms. The first-order valence-electron chi connectivity index (χ1n) is 11.8. The van der Waals surface area contributed by atoms with Crippen LogP contribution in [0.2, 0.25) is 0 Å². The molecule has 0 aromatic carbocycles. The number of fused-ring (bicyclic) bond motifs is 1. The molecule has 0 unspecified atom stereocenters. The standard InChI is InChI=1S/C21H30F3N3O2.C3H8/c1-14(3-4-15(2)26-18-6-9-29-10-7-18)20(28)27-8-5-19-16(13-27)11-17(12-25-19)21(22,23)24;1-3-2/h11-12,14-15,18,26H,3-10,13H2,1-2H3;3H2,1-2H3/t14-,15+;/m1./s1. The molecule has 0 spiro atoms. The van der Waals surface area contributed by atoms with Crippen molar-refractivity contribution in [2.24, 2.45) is 5.92 Å². The van der Waals surface area contributed by atoms with Crippen molar-refractivity contribution in [2.75, 3.05) is 19.8 Å². The second kappa shape index (κ2) is 12.5. The molecular weight excluding hydrogens is 419 g/mol. The molecule has 0 radical (unpaired) electrons. The molecule has 182 valence electrons. The van der Waals surface area contributed by atoms with Crippen LogP contribution in [0.1, 0.15) is 76.6 Å². The molecular formula is C24H38F3N3O2. The van der Waals surface area contributed by atoms with E-state index in [1.54, 1.807) is 4.90 Å². The van der Waals surface area contributed by atoms with E-state index in [-0.39, 0.29) is 18.4 Å². The van der Waals surface area contributed by atoms with Gasteiger partial charge in [-0.25, -0.2) is 0 Å². The van der Waals surface area contributed by atoms with Crippen molar-refractivity contribution in [1.82, 2.24) is 15.2 Å². The van der Waals surface area contributed by atoms with Crippen molar-refractivity contribution < 1.29 is 22.7 Å². The summed E-state index contributed by atoms with van der Waals surface area (Å²) in [5.41, 5.74) is 0.400. The monoisotopic (exact) mass is 457 g/mol. The molecule has 32 heavy (non-hydrogen) atoms. The van der Waals surface area contributed by atoms with E-state index in [9.17, 15) is 18.0 Å². The summed E-state index contributed by atoms with van der Waals surface area (Å²) in [6, 6.07) is 1.92. The topological polar surface area (TPSA) is 54.5 Å². The van der Waals surface area contributed by atoms with Crippen molar-refractivity contribution in [2.45, 2.75) is 91.0 Å². The first-order valence-corrected chi connectivity index (χ1v) is 11.8. The van der Waals surface area contributed by atoms with E-state index in [0.29, 0.717) is 36.3 Å². The van der Waals surface area contributed by atoms with Gasteiger partial charge in [-0.15, -0.1) is 0 Å². The molecule has 0 saturated carbocycles. The molecule has 5 nitrogen and oxygen atoms in total. The minimum atomic E-state index is -4.42. The Morgan fingerprint density at radius 2 is 1.91 bits per heavy atom. The van der Waals surface area contributed by atoms with Crippen LogP contribution >= 0.6 is 0 Å². The predicted octanol–water partition coefficient (Wildman–Crippen LogP) is 4.97. The van der Waals surface area contributed by atoms with Gasteiger partial charge in [0.1, 0.15) is 0 Å². The van der Waals surface area contributed by atoms with Crippen LogP contribution in [-0.4, -0.2) is 47.6 Å². The van der Waals surface area contributed by atoms with Crippen molar-refractivity contribution >= 4 is 5.91 Å². The molecule has 3 rings (SSSR count). The molecule has 1 fully saturated rings. The Hall–Kier alpha value is -1.67. The van der Waals surface area contributed by atoms with Gasteiger partial charge in [0.05, 0.1) is 5.56 Å². The number of amides is 1. The quantitative estimate of drug-likeness (QED) is 0.655. The van der Waals surface area contributed by atoms with Crippen molar-refractivity contribution in [3.05, 3.63) is 29.1 Å². The van der Waals surface area contributed by atoms with Crippen LogP contribution in [0.25, 0.3) is 0 Å². The number of nitrogens with one attached hydrogen (secondary N) is 1. The minimum Gasteiger partial charge on any atom is -0.381 e. The summed E-state index contributed by atoms with van der Waals surface area (Å²) in [5.74, 6) is -0.152. The number of rotatable bonds is 6. The highest BCUT2D eigenvalue weighted by molar-refractivity contribution is 5.78. The number of hydrogen-bond donors (Lipinski definition) is 1. The summed E-state index contributed by atoms with van der Waals surface area (Å²) in [6.07, 6.45) is 1.86. The zero-order valence-electron chi connectivity index (χ0n) is 19.8. The fourth-order valence-electron chi connectivity index (χ4n) is 4.05. The molecule has 2 aliphatic rings. The van der Waals surface area contributed by atoms with Gasteiger partial charge < -0.3 is 15.0 Å². The molecule has 1 N–H and O–H groups in total. The van der Waals surface area contributed by atoms with Gasteiger partial charge in [-0.05, 0) is 44.2 Å². The summed E-state index contributed by atoms with van der Waals surface area (Å²) in [7, 11) is 0. The van der Waals surface area contributed by atoms with E-state index < -0.39 is 11.7 Å². The summed E-state index contributed by atoms with van der Waals surface area (Å²) in [4.78, 5) is 18.5. The number of hydrogen-bond acceptors (Lipinski definition) is 4. The number of carbonyl (C=O) groups excluding carboxylic acids is 1. The lowest BCUT2D eigenvalue weighted by atomic mass is 9.97. The average molecular weight is 458 g/mol. The van der Waals surface area contributed by atoms with Gasteiger partial charge in [0.15, 0.2) is 0 Å². The van der Waals surface area contributed by atoms with Gasteiger partial charge in [-0.3, -0.25) is 9.78 Å². The van der Waals surface area contributed by atoms with Gasteiger partial charge in [0, 0.05) is 62.6 Å². The fourth-order valence-corrected chi connectivity index (χ4v) is 4.05. The average Bonchev–Trinajstić information content (AvgIpc) is 2.77. The number of halogens is 3. The molecule has 1 aromatic rings. The predicted molar refractivity (Wildman–Crippen MR) is 119 cm³/mol. The SMILES string of the molecule is CCC.C[C@H](CC[C@H](C)NC1CCOCC1)C(=O)N1CCc2ncc(C(F)(F)F)cc2C1. The van der Waals surface area contributed by atoms with Crippen molar-refractivity contribution in [3.63, 3.8) is 0 Å². The molecule has 2 aliphatic heterocycles. The highest BCUT2D eigenvalue weighted by Crippen LogP contribution is 2.31. The largest absolute Gasteiger partial charge is 0.417 e. The van der Waals surface area contributed by atoms with Gasteiger partial charge in [0.25, 0.3) is 0 Å². The Balaban J connectivity index is 0.00000114. The van der Waals surface area contributed by atoms with Crippen LogP contribution in [0.5, 0.6) is 0 Å². The van der Waals surface area contributed by atoms with E-state index in [1.165, 1.54) is 6.42 Å². The van der Waals surface area contributed by atoms with Crippen molar-refractivity contribution in [1.29, 1.82) is 0 Å². The Morgan fingerprint density at radius 3 is 2.53 bits per heavy atom. The normalized spacial score (nSPS) is 18.9. The minimum absolute atomic E-state index is 0.00586. The Bertz CT molecular complexity index is 721. The summed E-state index contributed by atoms with van der Waals surface area (Å²) < 4.78 is 44.2. The van der Waals surface area contributed by atoms with Crippen LogP contribution in [0.3, 0.4) is 0 Å². The van der Waals surface area contributed by atoms with E-state index >= 15 is 0 Å². The third-order valence-electron chi connectivity index (χ3n) is 5.87. The highest BCUT2D eigenvalue weighted by Gasteiger charge is 2.33. The second-order valence-corrected chi connectivity index (χ2v) is 8.98. The van der Waals surface area contributed by atoms with Crippen LogP contribution in [0.15, 0.2) is 12.3 Å². The molecule has 2 atom stereocenters. The first kappa shape index (κ1) is 26.6. The second-order valence-electron chi connectivity index (χ2n) is 8.98. The number of ether oxygens (including phenoxy) is 1. The third kappa shape index (κ3) is 8.03. The third-order valence-corrected chi connectivity index (χ3v) is 5.87. The Labute approximate surface area is 190 Å². The zero-order valence-corrected chi connectivity index (χ0v) is 19.8. The maximum absolute atomic E-state index is 13.0. The van der Waals surface area contributed by atoms with Crippen molar-refractivity contribution in [3.8, 4) is 0 Å². The van der Waals surface area contributed by atoms with E-state index in [0.717, 1.165) is 51.2 Å². The van der Waals surface area contributed by atoms with Crippen LogP contribution in [0.4, 0.5) is 13.2 Å². The molecule has 1 amide bonds. The Morgan fingerprint density at radius 1 is 1.25 bits per heavy atom. The molecule has 3 heterocycles. The van der Waals surface area contributed by atoms with Gasteiger partial charge in [-0.2, -0.15) is 13.2 Å². The number of alkyl halides is 3. The lowest BCUT2D eigenvalue weighted by Gasteiger charge is -2.31. The van der Waals surface area contributed by atoms with Crippen LogP contribution in [0, 0.1) is 5.92 Å². The lowest BCUT2D eigenvalue weighted by Crippen LogP contribution is -2.41. The molecule has 0 aliphatic carbocycles. The maximum Gasteiger partial charge on any atom is 0.417 e. The summed E-state index contributed by atoms with van der Waals surface area (Å²) in [6.45, 7) is 10.6. The number of carbonyl (C=O) groups is 1. The first-order chi connectivity index (χ1) is 15.2. The summed E-state index contributed by atoms with van der Waals surface area (Å²) in [5, 5.41) is 3.61. The number of pyridine rings is 1. The van der Waals surface area contributed by atoms with Crippen LogP contribution < -0.4 is 5.32 Å². The Kier molecular flexibility index (Phi) is 10.4. The van der Waals surface area contributed by atoms with Gasteiger partial charge >= 0.3 is 6.18 Å². The van der Waals surface area contributed by atoms with E-state index in [1.807, 2.05) is 6.92 Å². The molecule has 1 aromatic heterocycles. The maximum atomic E-state index is 13.0. The highest BCUT2D eigenvalue weighted by atomic mass is 19.4. The van der Waals surface area contributed by atoms with Gasteiger partial charge in [0.2, 0.25) is 5.91 Å². The van der Waals surface area contributed by atoms with E-state index in [4.69, 9.17) is 4.74 Å². The van der Waals surface area contributed by atoms with Crippen LogP contribution in [-0.2, 0) is 28.7 Å². The number of nitrogens with zero attached hydrogens (tertiary/aromatic N) is 2. The fraction of sp³-hybridized carbons (Fsp3) is 0.750. The van der Waals surface area contributed by atoms with Gasteiger partial charge in [-0.1, -0.05) is 27.2 Å². The molecule has 1 saturated heterocycles.